The zero-order valence-electron chi connectivity index (χ0n) is 72.2. The molecule has 0 spiro atoms. The zero-order chi connectivity index (χ0) is 88.3. The number of aromatic amines is 1. The number of piperazine rings is 1. The van der Waals surface area contributed by atoms with Crippen LogP contribution in [0.4, 0.5) is 24.8 Å². The molecule has 122 heavy (non-hydrogen) atoms. The second-order valence-electron chi connectivity index (χ2n) is 34.0. The fourth-order valence-corrected chi connectivity index (χ4v) is 16.6. The highest BCUT2D eigenvalue weighted by molar-refractivity contribution is 6.35. The lowest BCUT2D eigenvalue weighted by molar-refractivity contribution is -0.128. The Morgan fingerprint density at radius 3 is 1.20 bits per heavy atom. The Bertz CT molecular complexity index is 6100. The van der Waals surface area contributed by atoms with E-state index in [-0.39, 0.29) is 120 Å². The van der Waals surface area contributed by atoms with Gasteiger partial charge in [0.2, 0.25) is 5.91 Å². The number of hydrogen-bond acceptors (Lipinski definition) is 19. The highest BCUT2D eigenvalue weighted by Gasteiger charge is 2.37. The van der Waals surface area contributed by atoms with Gasteiger partial charge in [0, 0.05) is 77.2 Å². The van der Waals surface area contributed by atoms with Crippen molar-refractivity contribution in [3.05, 3.63) is 230 Å². The van der Waals surface area contributed by atoms with Crippen LogP contribution in [-0.2, 0) is 4.79 Å². The van der Waals surface area contributed by atoms with E-state index >= 15 is 4.39 Å². The summed E-state index contributed by atoms with van der Waals surface area (Å²) in [6, 6.07) is 24.1. The summed E-state index contributed by atoms with van der Waals surface area (Å²) in [4.78, 5) is 98.4. The zero-order valence-corrected chi connectivity index (χ0v) is 74.4. The first-order valence-electron chi connectivity index (χ1n) is 41.7. The van der Waals surface area contributed by atoms with Gasteiger partial charge >= 0.3 is 17.1 Å². The van der Waals surface area contributed by atoms with Gasteiger partial charge < -0.3 is 20.0 Å². The summed E-state index contributed by atoms with van der Waals surface area (Å²) in [6.45, 7) is 43.2. The Balaban J connectivity index is 0.000000161. The van der Waals surface area contributed by atoms with Crippen LogP contribution in [0.25, 0.3) is 83.9 Å². The summed E-state index contributed by atoms with van der Waals surface area (Å²) >= 11 is 20.0. The van der Waals surface area contributed by atoms with Gasteiger partial charge in [0.15, 0.2) is 16.9 Å². The first kappa shape index (κ1) is 90.2. The van der Waals surface area contributed by atoms with Crippen molar-refractivity contribution in [1.82, 2.24) is 84.4 Å². The van der Waals surface area contributed by atoms with Crippen LogP contribution in [0, 0.1) is 29.3 Å². The molecule has 3 aliphatic rings. The van der Waals surface area contributed by atoms with E-state index in [9.17, 15) is 32.8 Å². The van der Waals surface area contributed by atoms with Crippen molar-refractivity contribution in [1.29, 1.82) is 0 Å². The number of halogens is 6. The number of benzene rings is 3. The number of piperidine rings is 2. The number of anilines is 2. The SMILES string of the molecule is C=CC(=O)N1C[C@H](C)N(c2nc(=O)n(-c3c(C(C)C)cnnc3C(C)C)c3nc(-c4ccccc4F)c(Cl)cc23)C[C@H]1C.CC(C)c1cnnc(C(C)C)c1-n1c(=O)[nH]c(=O)c2cc(Cl)c(-c3ccccc3F)nc21.CC(C)c1cnnc(C(C)C)c1-n1c(=O)nc(N2C[C@@H](C)CC[C@@H]2C)c2cc(Cl)c(-c3ccccc3F)nc21.C[C@H]1CC[C@H](C)NC1. The Hall–Kier alpha value is -11.0. The molecule has 6 atom stereocenters. The lowest BCUT2D eigenvalue weighted by atomic mass is 9.95. The number of H-pyrrole nitrogens is 1. The second kappa shape index (κ2) is 38.2. The highest BCUT2D eigenvalue weighted by atomic mass is 35.5. The van der Waals surface area contributed by atoms with Crippen LogP contribution in [0.3, 0.4) is 0 Å². The van der Waals surface area contributed by atoms with Gasteiger partial charge in [0.1, 0.15) is 29.1 Å². The standard InChI is InChI=1S/C32H35ClFN7O2.C30H34ClFN6O.C23H21ClFN5O2.C7H15N/c1-8-26(42)39-15-20(7)40(16-19(39)6)30-22-13-24(33)28(21-11-9-10-12-25(21)34)36-31(22)41(32(43)37-30)29-23(17(2)3)14-35-38-27(29)18(4)5;1-16(2)22-14-33-36-25(17(3)4)27(22)38-29-21(13-23(31)26(34-29)20-9-7-8-10-24(20)32)28(35-30(38)39)37-15-18(5)11-12-19(37)6;1-11(2)15-10-26-29-18(12(3)4)20(15)30-21-14(22(31)28-23(30)32)9-16(24)19(27-21)13-7-5-6-8-17(13)25;1-6-3-4-7(2)8-5-6/h8-14,17-20H,1,15-16H2,2-7H3;7-10,13-14,16-19H,11-12,15H2,1-6H3;5-12H,1-4H3,(H,28,31,32);6-8H,3-5H2,1-2H3/t19-,20+;18-,19-;;6-,7-/m10.0/s1. The number of nitrogens with one attached hydrogen (secondary N) is 2. The predicted molar refractivity (Wildman–Crippen MR) is 480 cm³/mol. The molecule has 1 amide bonds. The monoisotopic (exact) mass is 1720 g/mol. The molecule has 0 bridgehead atoms. The van der Waals surface area contributed by atoms with E-state index in [4.69, 9.17) is 44.8 Å². The smallest absolute Gasteiger partial charge is 0.353 e. The maximum Gasteiger partial charge on any atom is 0.355 e. The first-order valence-corrected chi connectivity index (χ1v) is 42.8. The summed E-state index contributed by atoms with van der Waals surface area (Å²) in [6.07, 6.45) is 11.1. The van der Waals surface area contributed by atoms with Crippen molar-refractivity contribution >= 4 is 85.4 Å². The van der Waals surface area contributed by atoms with Crippen LogP contribution in [0.1, 0.15) is 220 Å². The topological polar surface area (TPSA) is 279 Å². The van der Waals surface area contributed by atoms with Crippen LogP contribution in [0.2, 0.25) is 15.1 Å². The average molecular weight is 1720 g/mol. The predicted octanol–water partition coefficient (Wildman–Crippen LogP) is 18.8. The van der Waals surface area contributed by atoms with Gasteiger partial charge in [-0.3, -0.25) is 14.6 Å². The van der Waals surface area contributed by atoms with Gasteiger partial charge in [-0.1, -0.05) is 175 Å². The molecule has 0 radical (unpaired) electrons. The van der Waals surface area contributed by atoms with Gasteiger partial charge in [-0.15, -0.1) is 0 Å². The number of rotatable bonds is 15. The summed E-state index contributed by atoms with van der Waals surface area (Å²) in [5.74, 6) is 0.614. The Labute approximate surface area is 722 Å². The van der Waals surface area contributed by atoms with E-state index in [1.54, 1.807) is 84.2 Å². The minimum atomic E-state index is -0.673. The summed E-state index contributed by atoms with van der Waals surface area (Å²) < 4.78 is 48.8. The number of aromatic nitrogens is 15. The molecule has 24 nitrogen and oxygen atoms in total. The van der Waals surface area contributed by atoms with E-state index in [0.29, 0.717) is 86.2 Å². The number of pyridine rings is 3. The van der Waals surface area contributed by atoms with E-state index in [1.165, 1.54) is 69.5 Å². The fraction of sp³-hybridized carbons (Fsp3) is 0.413. The quantitative estimate of drug-likeness (QED) is 0.0902. The fourth-order valence-electron chi connectivity index (χ4n) is 15.9. The third-order valence-corrected chi connectivity index (χ3v) is 23.5. The molecule has 3 aliphatic heterocycles. The molecule has 3 fully saturated rings. The molecule has 640 valence electrons. The Morgan fingerprint density at radius 1 is 0.459 bits per heavy atom. The van der Waals surface area contributed by atoms with Crippen molar-refractivity contribution in [2.75, 3.05) is 36.0 Å². The second-order valence-corrected chi connectivity index (χ2v) is 35.2. The first-order chi connectivity index (χ1) is 58.0. The van der Waals surface area contributed by atoms with Crippen LogP contribution < -0.4 is 37.7 Å². The summed E-state index contributed by atoms with van der Waals surface area (Å²) in [5.41, 5.74) is 5.64. The van der Waals surface area contributed by atoms with Gasteiger partial charge in [-0.25, -0.2) is 56.2 Å². The lowest BCUT2D eigenvalue weighted by Gasteiger charge is -2.44. The highest BCUT2D eigenvalue weighted by Crippen LogP contribution is 2.42. The number of fused-ring (bicyclic) bond motifs is 3. The Morgan fingerprint density at radius 2 is 0.836 bits per heavy atom. The molecule has 15 rings (SSSR count). The summed E-state index contributed by atoms with van der Waals surface area (Å²) in [5, 5.41) is 31.0. The molecule has 3 saturated heterocycles. The van der Waals surface area contributed by atoms with Crippen molar-refractivity contribution in [3.63, 3.8) is 0 Å². The minimum absolute atomic E-state index is 0.000638. The maximum atomic E-state index is 15.0. The molecule has 30 heteroatoms. The van der Waals surface area contributed by atoms with Gasteiger partial charge in [-0.05, 0) is 168 Å². The van der Waals surface area contributed by atoms with Crippen molar-refractivity contribution < 1.29 is 18.0 Å². The Kier molecular flexibility index (Phi) is 28.2. The molecule has 2 N–H and O–H groups in total. The molecule has 0 unspecified atom stereocenters. The molecule has 3 aromatic carbocycles. The molecule has 0 aliphatic carbocycles. The molecular weight excluding hydrogens is 1610 g/mol. The van der Waals surface area contributed by atoms with Gasteiger partial charge in [0.05, 0.1) is 101 Å². The van der Waals surface area contributed by atoms with Crippen LogP contribution in [0.5, 0.6) is 0 Å². The van der Waals surface area contributed by atoms with E-state index in [2.05, 4.69) is 95.0 Å². The minimum Gasteiger partial charge on any atom is -0.353 e. The largest absolute Gasteiger partial charge is 0.355 e. The van der Waals surface area contributed by atoms with Crippen LogP contribution >= 0.6 is 34.8 Å². The van der Waals surface area contributed by atoms with Crippen LogP contribution in [0.15, 0.2) is 141 Å². The lowest BCUT2D eigenvalue weighted by Crippen LogP contribution is -2.58. The van der Waals surface area contributed by atoms with E-state index in [0.717, 1.165) is 48.0 Å². The average Bonchev–Trinajstić information content (AvgIpc) is 0.738. The van der Waals surface area contributed by atoms with Gasteiger partial charge in [-0.2, -0.15) is 40.6 Å². The van der Waals surface area contributed by atoms with Crippen molar-refractivity contribution in [3.8, 4) is 50.8 Å². The number of hydrogen-bond donors (Lipinski definition) is 2. The van der Waals surface area contributed by atoms with E-state index < -0.39 is 40.1 Å². The normalized spacial score (nSPS) is 17.5. The number of amides is 1. The molecule has 9 aromatic heterocycles. The molecule has 12 aromatic rings. The van der Waals surface area contributed by atoms with Crippen LogP contribution in [-0.4, -0.2) is 135 Å². The third-order valence-electron chi connectivity index (χ3n) is 22.7. The number of nitrogens with zero attached hydrogens (tertiary/aromatic N) is 17. The van der Waals surface area contributed by atoms with Crippen molar-refractivity contribution in [2.24, 2.45) is 11.8 Å². The van der Waals surface area contributed by atoms with E-state index in [1.807, 2.05) is 102 Å². The number of carbonyl (C=O) groups is 1. The maximum absolute atomic E-state index is 15.0. The number of carbonyl (C=O) groups excluding carboxylic acids is 1. The molecule has 0 saturated carbocycles. The summed E-state index contributed by atoms with van der Waals surface area (Å²) in [7, 11) is 0. The van der Waals surface area contributed by atoms with Crippen molar-refractivity contribution in [2.45, 2.75) is 210 Å². The third kappa shape index (κ3) is 18.7. The molecule has 12 heterocycles. The van der Waals surface area contributed by atoms with Gasteiger partial charge in [0.25, 0.3) is 5.56 Å². The molecular formula is C92H105Cl3F3N19O5.